The van der Waals surface area contributed by atoms with Crippen LogP contribution in [0.4, 0.5) is 4.79 Å². The largest absolute Gasteiger partial charge is 0.493 e. The molecule has 0 saturated heterocycles. The number of hydrogen-bond donors (Lipinski definition) is 2. The number of aryl methyl sites for hydroxylation is 1. The number of benzene rings is 2. The monoisotopic (exact) mass is 530 g/mol. The van der Waals surface area contributed by atoms with Crippen LogP contribution in [-0.4, -0.2) is 46.3 Å². The molecule has 2 N–H and O–H groups in total. The van der Waals surface area contributed by atoms with E-state index in [0.29, 0.717) is 24.3 Å². The minimum Gasteiger partial charge on any atom is -0.493 e. The van der Waals surface area contributed by atoms with Crippen molar-refractivity contribution in [3.05, 3.63) is 53.6 Å². The SMILES string of the molecule is COC(=O)C1(NC(=O)NS(=O)(=O)c2ccc(C)cc2)CCC(c2ccc(OC)c(OC3CCCC3)c2)C1. The van der Waals surface area contributed by atoms with Crippen LogP contribution in [0.15, 0.2) is 47.4 Å². The van der Waals surface area contributed by atoms with Crippen LogP contribution in [0.1, 0.15) is 62.0 Å². The second kappa shape index (κ2) is 11.0. The zero-order valence-corrected chi connectivity index (χ0v) is 22.2. The van der Waals surface area contributed by atoms with Gasteiger partial charge in [-0.25, -0.2) is 22.7 Å². The maximum atomic E-state index is 12.9. The predicted molar refractivity (Wildman–Crippen MR) is 137 cm³/mol. The number of sulfonamides is 1. The van der Waals surface area contributed by atoms with Crippen molar-refractivity contribution in [2.45, 2.75) is 74.3 Å². The molecule has 2 amide bonds. The summed E-state index contributed by atoms with van der Waals surface area (Å²) in [6, 6.07) is 10.9. The van der Waals surface area contributed by atoms with Gasteiger partial charge in [-0.1, -0.05) is 23.8 Å². The molecule has 9 nitrogen and oxygen atoms in total. The van der Waals surface area contributed by atoms with E-state index in [1.165, 1.54) is 19.2 Å². The molecule has 2 fully saturated rings. The van der Waals surface area contributed by atoms with Crippen molar-refractivity contribution in [2.75, 3.05) is 14.2 Å². The number of amides is 2. The Hall–Kier alpha value is -3.27. The molecule has 2 atom stereocenters. The van der Waals surface area contributed by atoms with Gasteiger partial charge < -0.3 is 19.5 Å². The van der Waals surface area contributed by atoms with Crippen LogP contribution in [-0.2, 0) is 19.6 Å². The van der Waals surface area contributed by atoms with Gasteiger partial charge in [-0.15, -0.1) is 0 Å². The Balaban J connectivity index is 1.51. The number of nitrogens with one attached hydrogen (secondary N) is 2. The van der Waals surface area contributed by atoms with E-state index in [2.05, 4.69) is 5.32 Å². The summed E-state index contributed by atoms with van der Waals surface area (Å²) in [6.07, 6.45) is 5.60. The third kappa shape index (κ3) is 6.01. The van der Waals surface area contributed by atoms with E-state index in [9.17, 15) is 18.0 Å². The second-order valence-electron chi connectivity index (χ2n) is 9.82. The molecule has 10 heteroatoms. The molecule has 2 aromatic carbocycles. The van der Waals surface area contributed by atoms with E-state index in [1.54, 1.807) is 19.2 Å². The lowest BCUT2D eigenvalue weighted by Gasteiger charge is -2.28. The molecular weight excluding hydrogens is 496 g/mol. The summed E-state index contributed by atoms with van der Waals surface area (Å²) < 4.78 is 44.1. The minimum absolute atomic E-state index is 0.0438. The first-order valence-electron chi connectivity index (χ1n) is 12.5. The third-order valence-electron chi connectivity index (χ3n) is 7.26. The quantitative estimate of drug-likeness (QED) is 0.491. The Bertz CT molecular complexity index is 1240. The number of urea groups is 1. The summed E-state index contributed by atoms with van der Waals surface area (Å²) >= 11 is 0. The van der Waals surface area contributed by atoms with Crippen molar-refractivity contribution in [3.63, 3.8) is 0 Å². The van der Waals surface area contributed by atoms with E-state index in [4.69, 9.17) is 14.2 Å². The molecule has 2 aromatic rings. The number of rotatable bonds is 8. The molecule has 0 aromatic heterocycles. The minimum atomic E-state index is -4.11. The lowest BCUT2D eigenvalue weighted by Crippen LogP contribution is -2.56. The van der Waals surface area contributed by atoms with E-state index < -0.39 is 27.6 Å². The van der Waals surface area contributed by atoms with E-state index in [-0.39, 0.29) is 23.3 Å². The van der Waals surface area contributed by atoms with Crippen LogP contribution < -0.4 is 19.5 Å². The van der Waals surface area contributed by atoms with Crippen molar-refractivity contribution in [2.24, 2.45) is 0 Å². The number of esters is 1. The molecule has 37 heavy (non-hydrogen) atoms. The molecule has 0 spiro atoms. The van der Waals surface area contributed by atoms with Crippen LogP contribution in [0.25, 0.3) is 0 Å². The number of methoxy groups -OCH3 is 2. The molecule has 2 saturated carbocycles. The maximum absolute atomic E-state index is 12.9. The molecular formula is C27H34N2O7S. The van der Waals surface area contributed by atoms with Crippen LogP contribution in [0.3, 0.4) is 0 Å². The zero-order valence-electron chi connectivity index (χ0n) is 21.4. The van der Waals surface area contributed by atoms with Crippen molar-refractivity contribution in [1.82, 2.24) is 10.0 Å². The van der Waals surface area contributed by atoms with Gasteiger partial charge in [0.25, 0.3) is 10.0 Å². The van der Waals surface area contributed by atoms with E-state index in [0.717, 1.165) is 36.8 Å². The molecule has 0 radical (unpaired) electrons. The second-order valence-corrected chi connectivity index (χ2v) is 11.5. The first-order chi connectivity index (χ1) is 17.7. The fraction of sp³-hybridized carbons (Fsp3) is 0.481. The average molecular weight is 531 g/mol. The lowest BCUT2D eigenvalue weighted by molar-refractivity contribution is -0.148. The van der Waals surface area contributed by atoms with Gasteiger partial charge >= 0.3 is 12.0 Å². The van der Waals surface area contributed by atoms with Crippen LogP contribution in [0, 0.1) is 6.92 Å². The number of carbonyl (C=O) groups excluding carboxylic acids is 2. The molecule has 200 valence electrons. The summed E-state index contributed by atoms with van der Waals surface area (Å²) in [6.45, 7) is 1.83. The van der Waals surface area contributed by atoms with Crippen molar-refractivity contribution in [3.8, 4) is 11.5 Å². The number of hydrogen-bond acceptors (Lipinski definition) is 7. The van der Waals surface area contributed by atoms with Gasteiger partial charge in [-0.2, -0.15) is 0 Å². The third-order valence-corrected chi connectivity index (χ3v) is 8.60. The maximum Gasteiger partial charge on any atom is 0.331 e. The fourth-order valence-corrected chi connectivity index (χ4v) is 6.15. The Labute approximate surface area is 217 Å². The number of carbonyl (C=O) groups is 2. The topological polar surface area (TPSA) is 120 Å². The van der Waals surface area contributed by atoms with Gasteiger partial charge in [0.2, 0.25) is 0 Å². The molecule has 2 unspecified atom stereocenters. The molecule has 2 aliphatic carbocycles. The molecule has 0 heterocycles. The zero-order chi connectivity index (χ0) is 26.6. The van der Waals surface area contributed by atoms with Crippen molar-refractivity contribution < 1.29 is 32.2 Å². The summed E-state index contributed by atoms with van der Waals surface area (Å²) in [5.74, 6) is 0.614. The molecule has 4 rings (SSSR count). The van der Waals surface area contributed by atoms with Crippen LogP contribution in [0.5, 0.6) is 11.5 Å². The van der Waals surface area contributed by atoms with Gasteiger partial charge in [0.15, 0.2) is 11.5 Å². The average Bonchev–Trinajstić information content (AvgIpc) is 3.54. The fourth-order valence-electron chi connectivity index (χ4n) is 5.24. The van der Waals surface area contributed by atoms with Gasteiger partial charge in [0, 0.05) is 0 Å². The Morgan fingerprint density at radius 3 is 2.32 bits per heavy atom. The Kier molecular flexibility index (Phi) is 7.96. The van der Waals surface area contributed by atoms with Gasteiger partial charge in [0.05, 0.1) is 25.2 Å². The first kappa shape index (κ1) is 26.8. The van der Waals surface area contributed by atoms with Gasteiger partial charge in [-0.3, -0.25) is 0 Å². The van der Waals surface area contributed by atoms with Gasteiger partial charge in [0.1, 0.15) is 5.54 Å². The summed E-state index contributed by atoms with van der Waals surface area (Å²) in [4.78, 5) is 25.6. The standard InChI is InChI=1S/C27H34N2O7S/c1-18-8-11-22(12-9-18)37(32,33)29-26(31)28-27(25(30)35-3)15-14-20(17-27)19-10-13-23(34-2)24(16-19)36-21-6-4-5-7-21/h8-13,16,20-21H,4-7,14-15,17H2,1-3H3,(H2,28,29,31). The Morgan fingerprint density at radius 1 is 0.973 bits per heavy atom. The normalized spacial score (nSPS) is 21.9. The van der Waals surface area contributed by atoms with Crippen molar-refractivity contribution >= 4 is 22.0 Å². The molecule has 2 aliphatic rings. The highest BCUT2D eigenvalue weighted by Gasteiger charge is 2.48. The van der Waals surface area contributed by atoms with Crippen LogP contribution >= 0.6 is 0 Å². The lowest BCUT2D eigenvalue weighted by atomic mass is 9.92. The smallest absolute Gasteiger partial charge is 0.331 e. The first-order valence-corrected chi connectivity index (χ1v) is 14.0. The highest BCUT2D eigenvalue weighted by Crippen LogP contribution is 2.44. The highest BCUT2D eigenvalue weighted by atomic mass is 32.2. The summed E-state index contributed by atoms with van der Waals surface area (Å²) in [7, 11) is -1.26. The predicted octanol–water partition coefficient (Wildman–Crippen LogP) is 4.19. The van der Waals surface area contributed by atoms with Gasteiger partial charge in [-0.05, 0) is 87.6 Å². The van der Waals surface area contributed by atoms with Crippen LogP contribution in [0.2, 0.25) is 0 Å². The summed E-state index contributed by atoms with van der Waals surface area (Å²) in [5.41, 5.74) is 0.480. The van der Waals surface area contributed by atoms with E-state index in [1.807, 2.05) is 29.8 Å². The number of ether oxygens (including phenoxy) is 3. The highest BCUT2D eigenvalue weighted by molar-refractivity contribution is 7.90. The Morgan fingerprint density at radius 2 is 1.68 bits per heavy atom. The van der Waals surface area contributed by atoms with Crippen molar-refractivity contribution in [1.29, 1.82) is 0 Å². The molecule has 0 bridgehead atoms. The summed E-state index contributed by atoms with van der Waals surface area (Å²) in [5, 5.41) is 2.62. The van der Waals surface area contributed by atoms with E-state index >= 15 is 0 Å². The molecule has 0 aliphatic heterocycles.